The van der Waals surface area contributed by atoms with Gasteiger partial charge in [0.1, 0.15) is 0 Å². The van der Waals surface area contributed by atoms with Gasteiger partial charge in [0.15, 0.2) is 0 Å². The zero-order valence-electron chi connectivity index (χ0n) is 9.84. The summed E-state index contributed by atoms with van der Waals surface area (Å²) in [5, 5.41) is 3.02. The fourth-order valence-electron chi connectivity index (χ4n) is 1.91. The highest BCUT2D eigenvalue weighted by atomic mass is 35.5. The van der Waals surface area contributed by atoms with Crippen LogP contribution >= 0.6 is 11.6 Å². The maximum absolute atomic E-state index is 11.6. The Morgan fingerprint density at radius 2 is 2.27 bits per heavy atom. The first-order valence-electron chi connectivity index (χ1n) is 5.32. The van der Waals surface area contributed by atoms with Crippen molar-refractivity contribution >= 4 is 17.5 Å². The number of hydrogen-bond donors (Lipinski definition) is 1. The number of halogens is 1. The first-order chi connectivity index (χ1) is 6.93. The molecule has 0 spiro atoms. The van der Waals surface area contributed by atoms with Gasteiger partial charge in [-0.05, 0) is 6.42 Å². The van der Waals surface area contributed by atoms with Gasteiger partial charge < -0.3 is 10.1 Å². The number of amides is 1. The number of ether oxygens (including phenoxy) is 1. The van der Waals surface area contributed by atoms with Crippen molar-refractivity contribution in [2.24, 2.45) is 11.3 Å². The van der Waals surface area contributed by atoms with E-state index in [4.69, 9.17) is 16.3 Å². The minimum atomic E-state index is -0.121. The second-order valence-electron chi connectivity index (χ2n) is 4.90. The van der Waals surface area contributed by atoms with Crippen molar-refractivity contribution in [3.63, 3.8) is 0 Å². The zero-order chi connectivity index (χ0) is 11.6. The Balaban J connectivity index is 2.46. The van der Waals surface area contributed by atoms with E-state index in [1.807, 2.05) is 6.92 Å². The molecule has 0 radical (unpaired) electrons. The van der Waals surface area contributed by atoms with Crippen molar-refractivity contribution in [3.05, 3.63) is 0 Å². The Morgan fingerprint density at radius 3 is 2.67 bits per heavy atom. The molecule has 88 valence electrons. The van der Waals surface area contributed by atoms with E-state index < -0.39 is 0 Å². The van der Waals surface area contributed by atoms with Gasteiger partial charge in [-0.2, -0.15) is 0 Å². The lowest BCUT2D eigenvalue weighted by Crippen LogP contribution is -2.62. The highest BCUT2D eigenvalue weighted by molar-refractivity contribution is 6.19. The summed E-state index contributed by atoms with van der Waals surface area (Å²) >= 11 is 5.63. The third-order valence-corrected chi connectivity index (χ3v) is 3.92. The molecule has 1 N–H and O–H groups in total. The van der Waals surface area contributed by atoms with Crippen LogP contribution in [0, 0.1) is 11.3 Å². The number of nitrogens with one attached hydrogen (secondary N) is 1. The van der Waals surface area contributed by atoms with Crippen LogP contribution in [0.4, 0.5) is 0 Å². The summed E-state index contributed by atoms with van der Waals surface area (Å²) in [6.45, 7) is 6.06. The van der Waals surface area contributed by atoms with E-state index in [2.05, 4.69) is 19.2 Å². The third-order valence-electron chi connectivity index (χ3n) is 3.46. The minimum Gasteiger partial charge on any atom is -0.381 e. The van der Waals surface area contributed by atoms with Gasteiger partial charge >= 0.3 is 0 Å². The summed E-state index contributed by atoms with van der Waals surface area (Å²) in [6.07, 6.45) is 1.14. The maximum atomic E-state index is 11.6. The van der Waals surface area contributed by atoms with E-state index in [9.17, 15) is 4.79 Å². The Morgan fingerprint density at radius 1 is 1.67 bits per heavy atom. The van der Waals surface area contributed by atoms with Crippen LogP contribution < -0.4 is 5.32 Å². The molecule has 1 aliphatic rings. The Kier molecular flexibility index (Phi) is 4.01. The highest BCUT2D eigenvalue weighted by Gasteiger charge is 2.49. The molecule has 0 heterocycles. The molecule has 4 heteroatoms. The van der Waals surface area contributed by atoms with E-state index in [0.717, 1.165) is 6.42 Å². The lowest BCUT2D eigenvalue weighted by molar-refractivity contribution is -0.135. The normalized spacial score (nSPS) is 30.5. The Hall–Kier alpha value is -0.280. The van der Waals surface area contributed by atoms with Crippen LogP contribution in [0.15, 0.2) is 0 Å². The number of alkyl halides is 1. The molecule has 1 rings (SSSR count). The smallest absolute Gasteiger partial charge is 0.224 e. The van der Waals surface area contributed by atoms with E-state index in [0.29, 0.717) is 5.88 Å². The first kappa shape index (κ1) is 12.8. The second-order valence-corrected chi connectivity index (χ2v) is 5.21. The van der Waals surface area contributed by atoms with Gasteiger partial charge in [0, 0.05) is 30.4 Å². The topological polar surface area (TPSA) is 38.3 Å². The van der Waals surface area contributed by atoms with Crippen LogP contribution in [0.2, 0.25) is 0 Å². The fraction of sp³-hybridized carbons (Fsp3) is 0.909. The molecule has 1 aliphatic carbocycles. The monoisotopic (exact) mass is 233 g/mol. The van der Waals surface area contributed by atoms with Crippen molar-refractivity contribution < 1.29 is 9.53 Å². The first-order valence-corrected chi connectivity index (χ1v) is 5.86. The molecule has 0 aliphatic heterocycles. The van der Waals surface area contributed by atoms with E-state index in [-0.39, 0.29) is 29.4 Å². The van der Waals surface area contributed by atoms with Crippen LogP contribution in [-0.2, 0) is 9.53 Å². The summed E-state index contributed by atoms with van der Waals surface area (Å²) in [6, 6.07) is 0.209. The van der Waals surface area contributed by atoms with Gasteiger partial charge in [-0.15, -0.1) is 11.6 Å². The van der Waals surface area contributed by atoms with Crippen molar-refractivity contribution in [1.82, 2.24) is 5.32 Å². The lowest BCUT2D eigenvalue weighted by atomic mass is 9.64. The molecule has 0 bridgehead atoms. The molecule has 15 heavy (non-hydrogen) atoms. The molecule has 1 fully saturated rings. The lowest BCUT2D eigenvalue weighted by Gasteiger charge is -2.51. The molecule has 0 saturated heterocycles. The Bertz CT molecular complexity index is 243. The molecular weight excluding hydrogens is 214 g/mol. The number of hydrogen-bond acceptors (Lipinski definition) is 2. The summed E-state index contributed by atoms with van der Waals surface area (Å²) < 4.78 is 5.32. The molecule has 0 aromatic heterocycles. The van der Waals surface area contributed by atoms with Crippen LogP contribution in [-0.4, -0.2) is 31.0 Å². The van der Waals surface area contributed by atoms with Crippen molar-refractivity contribution in [2.45, 2.75) is 39.3 Å². The quantitative estimate of drug-likeness (QED) is 0.752. The zero-order valence-corrected chi connectivity index (χ0v) is 10.6. The number of rotatable bonds is 4. The van der Waals surface area contributed by atoms with Crippen LogP contribution in [0.25, 0.3) is 0 Å². The highest BCUT2D eigenvalue weighted by Crippen LogP contribution is 2.42. The van der Waals surface area contributed by atoms with Crippen molar-refractivity contribution in [2.75, 3.05) is 13.0 Å². The van der Waals surface area contributed by atoms with Gasteiger partial charge in [-0.1, -0.05) is 20.8 Å². The summed E-state index contributed by atoms with van der Waals surface area (Å²) in [7, 11) is 1.71. The summed E-state index contributed by atoms with van der Waals surface area (Å²) in [4.78, 5) is 11.6. The van der Waals surface area contributed by atoms with Crippen molar-refractivity contribution in [3.8, 4) is 0 Å². The molecule has 3 atom stereocenters. The van der Waals surface area contributed by atoms with Gasteiger partial charge in [0.05, 0.1) is 6.10 Å². The average Bonchev–Trinajstić information content (AvgIpc) is 2.21. The van der Waals surface area contributed by atoms with Crippen LogP contribution in [0.3, 0.4) is 0 Å². The van der Waals surface area contributed by atoms with Gasteiger partial charge in [0.25, 0.3) is 0 Å². The predicted molar refractivity (Wildman–Crippen MR) is 61.0 cm³/mol. The van der Waals surface area contributed by atoms with Crippen molar-refractivity contribution in [1.29, 1.82) is 0 Å². The summed E-state index contributed by atoms with van der Waals surface area (Å²) in [5.74, 6) is 0.286. The molecular formula is C11H20ClNO2. The average molecular weight is 234 g/mol. The fourth-order valence-corrected chi connectivity index (χ4v) is 2.05. The SMILES string of the molecule is COC1CC(NC(=O)C(C)CCl)C1(C)C. The van der Waals surface area contributed by atoms with Gasteiger partial charge in [0.2, 0.25) is 5.91 Å². The maximum Gasteiger partial charge on any atom is 0.224 e. The molecule has 0 aromatic rings. The number of carbonyl (C=O) groups excluding carboxylic acids is 1. The van der Waals surface area contributed by atoms with E-state index >= 15 is 0 Å². The number of methoxy groups -OCH3 is 1. The minimum absolute atomic E-state index is 0.0242. The van der Waals surface area contributed by atoms with E-state index in [1.54, 1.807) is 7.11 Å². The predicted octanol–water partition coefficient (Wildman–Crippen LogP) is 1.79. The van der Waals surface area contributed by atoms with Crippen LogP contribution in [0.5, 0.6) is 0 Å². The van der Waals surface area contributed by atoms with Gasteiger partial charge in [-0.3, -0.25) is 4.79 Å². The standard InChI is InChI=1S/C11H20ClNO2/c1-7(6-12)10(14)13-8-5-9(15-4)11(8,2)3/h7-9H,5-6H2,1-4H3,(H,13,14). The molecule has 0 aromatic carbocycles. The van der Waals surface area contributed by atoms with Gasteiger partial charge in [-0.25, -0.2) is 0 Å². The summed E-state index contributed by atoms with van der Waals surface area (Å²) in [5.41, 5.74) is 0.0242. The molecule has 3 unspecified atom stereocenters. The Labute approximate surface area is 96.5 Å². The van der Waals surface area contributed by atoms with Crippen LogP contribution in [0.1, 0.15) is 27.2 Å². The second kappa shape index (κ2) is 4.71. The molecule has 1 saturated carbocycles. The largest absolute Gasteiger partial charge is 0.381 e. The molecule has 3 nitrogen and oxygen atoms in total. The number of carbonyl (C=O) groups is 1. The molecule has 1 amide bonds. The van der Waals surface area contributed by atoms with E-state index in [1.165, 1.54) is 0 Å². The third kappa shape index (κ3) is 2.45.